The summed E-state index contributed by atoms with van der Waals surface area (Å²) in [6.07, 6.45) is 1.77. The van der Waals surface area contributed by atoms with E-state index in [2.05, 4.69) is 29.6 Å². The predicted octanol–water partition coefficient (Wildman–Crippen LogP) is 4.67. The Balaban J connectivity index is 1.47. The largest absolute Gasteiger partial charge is 0.493 e. The van der Waals surface area contributed by atoms with Gasteiger partial charge < -0.3 is 24.3 Å². The van der Waals surface area contributed by atoms with E-state index in [4.69, 9.17) is 18.9 Å². The summed E-state index contributed by atoms with van der Waals surface area (Å²) in [5.41, 5.74) is 3.61. The van der Waals surface area contributed by atoms with E-state index in [9.17, 15) is 0 Å². The molecule has 3 aromatic carbocycles. The van der Waals surface area contributed by atoms with Crippen LogP contribution in [0.15, 0.2) is 66.7 Å². The van der Waals surface area contributed by atoms with Crippen molar-refractivity contribution >= 4 is 0 Å². The van der Waals surface area contributed by atoms with Gasteiger partial charge in [-0.05, 0) is 53.9 Å². The second-order valence-electron chi connectivity index (χ2n) is 7.19. The molecule has 0 radical (unpaired) electrons. The van der Waals surface area contributed by atoms with Crippen molar-refractivity contribution in [2.75, 3.05) is 34.5 Å². The normalized spacial score (nSPS) is 10.5. The summed E-state index contributed by atoms with van der Waals surface area (Å²) in [4.78, 5) is 0. The van der Waals surface area contributed by atoms with Gasteiger partial charge in [0, 0.05) is 13.0 Å². The smallest absolute Gasteiger partial charge is 0.161 e. The van der Waals surface area contributed by atoms with Crippen LogP contribution < -0.4 is 24.3 Å². The molecular formula is C26H31NO4. The van der Waals surface area contributed by atoms with Gasteiger partial charge in [0.1, 0.15) is 0 Å². The van der Waals surface area contributed by atoms with Crippen molar-refractivity contribution in [2.24, 2.45) is 0 Å². The van der Waals surface area contributed by atoms with E-state index in [1.54, 1.807) is 21.3 Å². The molecule has 5 heteroatoms. The number of ether oxygens (including phenoxy) is 4. The van der Waals surface area contributed by atoms with Crippen molar-refractivity contribution < 1.29 is 18.9 Å². The lowest BCUT2D eigenvalue weighted by molar-refractivity contribution is 0.297. The average molecular weight is 422 g/mol. The molecular weight excluding hydrogens is 390 g/mol. The molecule has 31 heavy (non-hydrogen) atoms. The molecule has 0 atom stereocenters. The maximum atomic E-state index is 5.94. The first kappa shape index (κ1) is 22.5. The fourth-order valence-corrected chi connectivity index (χ4v) is 3.37. The third kappa shape index (κ3) is 6.66. The Kier molecular flexibility index (Phi) is 8.61. The Morgan fingerprint density at radius 3 is 2.00 bits per heavy atom. The van der Waals surface area contributed by atoms with Gasteiger partial charge in [0.25, 0.3) is 0 Å². The molecule has 5 nitrogen and oxygen atoms in total. The maximum Gasteiger partial charge on any atom is 0.161 e. The van der Waals surface area contributed by atoms with Crippen LogP contribution in [0.2, 0.25) is 0 Å². The average Bonchev–Trinajstić information content (AvgIpc) is 2.82. The molecule has 0 heterocycles. The Labute approximate surface area is 184 Å². The van der Waals surface area contributed by atoms with Crippen molar-refractivity contribution in [1.29, 1.82) is 0 Å². The molecule has 0 unspecified atom stereocenters. The lowest BCUT2D eigenvalue weighted by Crippen LogP contribution is -2.16. The van der Waals surface area contributed by atoms with E-state index in [0.717, 1.165) is 54.5 Å². The van der Waals surface area contributed by atoms with Crippen molar-refractivity contribution in [3.05, 3.63) is 83.4 Å². The minimum absolute atomic E-state index is 0.614. The van der Waals surface area contributed by atoms with Gasteiger partial charge in [0.2, 0.25) is 0 Å². The third-order valence-corrected chi connectivity index (χ3v) is 5.09. The zero-order valence-corrected chi connectivity index (χ0v) is 18.5. The summed E-state index contributed by atoms with van der Waals surface area (Å²) in [5.74, 6) is 3.03. The fraction of sp³-hybridized carbons (Fsp3) is 0.308. The molecule has 0 aromatic heterocycles. The summed E-state index contributed by atoms with van der Waals surface area (Å²) in [7, 11) is 4.98. The van der Waals surface area contributed by atoms with Gasteiger partial charge in [-0.2, -0.15) is 0 Å². The van der Waals surface area contributed by atoms with Gasteiger partial charge in [0.15, 0.2) is 23.0 Å². The molecule has 0 aliphatic carbocycles. The van der Waals surface area contributed by atoms with E-state index >= 15 is 0 Å². The van der Waals surface area contributed by atoms with Crippen LogP contribution in [0.5, 0.6) is 23.0 Å². The van der Waals surface area contributed by atoms with Gasteiger partial charge >= 0.3 is 0 Å². The van der Waals surface area contributed by atoms with E-state index in [-0.39, 0.29) is 0 Å². The minimum atomic E-state index is 0.614. The Bertz CT molecular complexity index is 943. The highest BCUT2D eigenvalue weighted by Crippen LogP contribution is 2.29. The van der Waals surface area contributed by atoms with E-state index in [1.807, 2.05) is 42.5 Å². The predicted molar refractivity (Wildman–Crippen MR) is 124 cm³/mol. The monoisotopic (exact) mass is 421 g/mol. The summed E-state index contributed by atoms with van der Waals surface area (Å²) in [6, 6.07) is 22.4. The standard InChI is InChI=1S/C26H31NO4/c1-28-23-11-9-21(17-25(23)29-2)13-15-27-19-22-10-12-24(26(18-22)30-3)31-16-14-20-7-5-4-6-8-20/h4-12,17-18,27H,13-16,19H2,1-3H3. The minimum Gasteiger partial charge on any atom is -0.493 e. The Hall–Kier alpha value is -3.18. The van der Waals surface area contributed by atoms with Crippen molar-refractivity contribution in [2.45, 2.75) is 19.4 Å². The number of methoxy groups -OCH3 is 3. The molecule has 0 saturated carbocycles. The molecule has 1 N–H and O–H groups in total. The highest BCUT2D eigenvalue weighted by atomic mass is 16.5. The highest BCUT2D eigenvalue weighted by molar-refractivity contribution is 5.44. The number of hydrogen-bond acceptors (Lipinski definition) is 5. The van der Waals surface area contributed by atoms with E-state index in [1.165, 1.54) is 11.1 Å². The Morgan fingerprint density at radius 1 is 0.613 bits per heavy atom. The number of nitrogens with one attached hydrogen (secondary N) is 1. The lowest BCUT2D eigenvalue weighted by atomic mass is 10.1. The zero-order valence-electron chi connectivity index (χ0n) is 18.5. The molecule has 0 amide bonds. The molecule has 3 aromatic rings. The van der Waals surface area contributed by atoms with Crippen LogP contribution in [0.1, 0.15) is 16.7 Å². The van der Waals surface area contributed by atoms with Gasteiger partial charge in [0.05, 0.1) is 27.9 Å². The second kappa shape index (κ2) is 11.9. The van der Waals surface area contributed by atoms with Gasteiger partial charge in [-0.15, -0.1) is 0 Å². The van der Waals surface area contributed by atoms with Gasteiger partial charge in [-0.3, -0.25) is 0 Å². The number of benzene rings is 3. The SMILES string of the molecule is COc1ccc(CCNCc2ccc(OCCc3ccccc3)c(OC)c2)cc1OC. The van der Waals surface area contributed by atoms with Crippen LogP contribution in [-0.2, 0) is 19.4 Å². The quantitative estimate of drug-likeness (QED) is 0.431. The lowest BCUT2D eigenvalue weighted by Gasteiger charge is -2.13. The van der Waals surface area contributed by atoms with Crippen molar-refractivity contribution in [1.82, 2.24) is 5.32 Å². The zero-order chi connectivity index (χ0) is 21.9. The first-order valence-corrected chi connectivity index (χ1v) is 10.5. The maximum absolute atomic E-state index is 5.94. The molecule has 0 aliphatic rings. The first-order chi connectivity index (χ1) is 15.2. The van der Waals surface area contributed by atoms with Crippen LogP contribution in [0.3, 0.4) is 0 Å². The molecule has 0 saturated heterocycles. The van der Waals surface area contributed by atoms with Crippen LogP contribution in [0, 0.1) is 0 Å². The van der Waals surface area contributed by atoms with Crippen LogP contribution >= 0.6 is 0 Å². The van der Waals surface area contributed by atoms with Crippen molar-refractivity contribution in [3.63, 3.8) is 0 Å². The summed E-state index contributed by atoms with van der Waals surface area (Å²) in [6.45, 7) is 2.23. The fourth-order valence-electron chi connectivity index (χ4n) is 3.37. The topological polar surface area (TPSA) is 49.0 Å². The number of rotatable bonds is 12. The highest BCUT2D eigenvalue weighted by Gasteiger charge is 2.07. The molecule has 0 bridgehead atoms. The van der Waals surface area contributed by atoms with Crippen LogP contribution in [-0.4, -0.2) is 34.5 Å². The summed E-state index contributed by atoms with van der Waals surface area (Å²) < 4.78 is 22.1. The van der Waals surface area contributed by atoms with Crippen LogP contribution in [0.4, 0.5) is 0 Å². The van der Waals surface area contributed by atoms with Crippen LogP contribution in [0.25, 0.3) is 0 Å². The molecule has 0 spiro atoms. The molecule has 164 valence electrons. The van der Waals surface area contributed by atoms with E-state index in [0.29, 0.717) is 6.61 Å². The summed E-state index contributed by atoms with van der Waals surface area (Å²) >= 11 is 0. The number of hydrogen-bond donors (Lipinski definition) is 1. The summed E-state index contributed by atoms with van der Waals surface area (Å²) in [5, 5.41) is 3.48. The van der Waals surface area contributed by atoms with E-state index < -0.39 is 0 Å². The molecule has 0 fully saturated rings. The molecule has 0 aliphatic heterocycles. The van der Waals surface area contributed by atoms with Gasteiger partial charge in [-0.1, -0.05) is 42.5 Å². The second-order valence-corrected chi connectivity index (χ2v) is 7.19. The van der Waals surface area contributed by atoms with Crippen molar-refractivity contribution in [3.8, 4) is 23.0 Å². The first-order valence-electron chi connectivity index (χ1n) is 10.5. The molecule has 3 rings (SSSR count). The van der Waals surface area contributed by atoms with Gasteiger partial charge in [-0.25, -0.2) is 0 Å². The third-order valence-electron chi connectivity index (χ3n) is 5.09. The Morgan fingerprint density at radius 2 is 1.26 bits per heavy atom.